The second-order valence-corrected chi connectivity index (χ2v) is 2.76. The van der Waals surface area contributed by atoms with Crippen molar-refractivity contribution in [1.82, 2.24) is 0 Å². The molecular formula is C13H11N. The molecule has 0 aromatic heterocycles. The number of nitrogens with zero attached hydrogens (tertiary/aromatic N) is 1. The number of benzene rings is 1. The summed E-state index contributed by atoms with van der Waals surface area (Å²) in [5.74, 6) is 0. The SMILES string of the molecule is C=C/C=c1/ccc(C#N)c/c1=C/C=C. The molecule has 0 heterocycles. The minimum atomic E-state index is 0.652. The van der Waals surface area contributed by atoms with Crippen LogP contribution in [0, 0.1) is 11.3 Å². The van der Waals surface area contributed by atoms with Crippen LogP contribution in [0.3, 0.4) is 0 Å². The second kappa shape index (κ2) is 4.84. The Kier molecular flexibility index (Phi) is 3.46. The van der Waals surface area contributed by atoms with Crippen LogP contribution in [-0.2, 0) is 0 Å². The van der Waals surface area contributed by atoms with Crippen LogP contribution in [0.5, 0.6) is 0 Å². The first-order valence-corrected chi connectivity index (χ1v) is 4.27. The zero-order chi connectivity index (χ0) is 10.4. The van der Waals surface area contributed by atoms with E-state index in [0.717, 1.165) is 10.4 Å². The van der Waals surface area contributed by atoms with Gasteiger partial charge in [0.2, 0.25) is 0 Å². The summed E-state index contributed by atoms with van der Waals surface area (Å²) in [4.78, 5) is 0. The van der Waals surface area contributed by atoms with E-state index in [1.54, 1.807) is 18.2 Å². The quantitative estimate of drug-likeness (QED) is 0.678. The van der Waals surface area contributed by atoms with Gasteiger partial charge in [-0.1, -0.05) is 43.5 Å². The largest absolute Gasteiger partial charge is 0.192 e. The summed E-state index contributed by atoms with van der Waals surface area (Å²) >= 11 is 0. The van der Waals surface area contributed by atoms with Gasteiger partial charge in [0.25, 0.3) is 0 Å². The first-order chi connectivity index (χ1) is 6.81. The van der Waals surface area contributed by atoms with E-state index in [9.17, 15) is 0 Å². The van der Waals surface area contributed by atoms with Gasteiger partial charge in [-0.15, -0.1) is 0 Å². The molecule has 0 radical (unpaired) electrons. The fourth-order valence-electron chi connectivity index (χ4n) is 1.19. The van der Waals surface area contributed by atoms with Crippen LogP contribution in [0.15, 0.2) is 43.5 Å². The van der Waals surface area contributed by atoms with Gasteiger partial charge in [0.15, 0.2) is 0 Å². The van der Waals surface area contributed by atoms with Crippen molar-refractivity contribution in [3.05, 3.63) is 59.5 Å². The molecule has 0 aliphatic heterocycles. The Morgan fingerprint density at radius 3 is 2.29 bits per heavy atom. The average molecular weight is 181 g/mol. The van der Waals surface area contributed by atoms with Gasteiger partial charge in [-0.25, -0.2) is 0 Å². The average Bonchev–Trinajstić information content (AvgIpc) is 2.21. The first kappa shape index (κ1) is 10.0. The minimum Gasteiger partial charge on any atom is -0.192 e. The van der Waals surface area contributed by atoms with Crippen LogP contribution in [0.1, 0.15) is 5.56 Å². The summed E-state index contributed by atoms with van der Waals surface area (Å²) < 4.78 is 0. The van der Waals surface area contributed by atoms with Crippen molar-refractivity contribution in [3.8, 4) is 6.07 Å². The Bertz CT molecular complexity index is 501. The van der Waals surface area contributed by atoms with Crippen LogP contribution in [0.25, 0.3) is 12.2 Å². The molecule has 0 fully saturated rings. The summed E-state index contributed by atoms with van der Waals surface area (Å²) in [6.07, 6.45) is 7.20. The third kappa shape index (κ3) is 2.21. The smallest absolute Gasteiger partial charge is 0.0991 e. The third-order valence-electron chi connectivity index (χ3n) is 1.81. The van der Waals surface area contributed by atoms with E-state index < -0.39 is 0 Å². The number of hydrogen-bond donors (Lipinski definition) is 0. The predicted molar refractivity (Wildman–Crippen MR) is 59.7 cm³/mol. The Hall–Kier alpha value is -2.07. The van der Waals surface area contributed by atoms with Crippen LogP contribution < -0.4 is 10.4 Å². The monoisotopic (exact) mass is 181 g/mol. The van der Waals surface area contributed by atoms with Crippen molar-refractivity contribution in [3.63, 3.8) is 0 Å². The lowest BCUT2D eigenvalue weighted by Gasteiger charge is -1.90. The van der Waals surface area contributed by atoms with Gasteiger partial charge in [-0.3, -0.25) is 0 Å². The molecule has 1 aromatic rings. The molecule has 1 aromatic carbocycles. The Labute approximate surface area is 83.6 Å². The van der Waals surface area contributed by atoms with E-state index in [1.807, 2.05) is 24.3 Å². The maximum atomic E-state index is 8.73. The molecule has 0 spiro atoms. The van der Waals surface area contributed by atoms with Crippen molar-refractivity contribution in [2.75, 3.05) is 0 Å². The predicted octanol–water partition coefficient (Wildman–Crippen LogP) is 1.49. The van der Waals surface area contributed by atoms with Crippen LogP contribution in [0.2, 0.25) is 0 Å². The topological polar surface area (TPSA) is 23.8 Å². The summed E-state index contributed by atoms with van der Waals surface area (Å²) in [7, 11) is 0. The number of nitriles is 1. The summed E-state index contributed by atoms with van der Waals surface area (Å²) in [6.45, 7) is 7.27. The van der Waals surface area contributed by atoms with Gasteiger partial charge in [-0.2, -0.15) is 5.26 Å². The van der Waals surface area contributed by atoms with E-state index in [1.165, 1.54) is 0 Å². The Balaban J connectivity index is 3.57. The molecule has 0 amide bonds. The summed E-state index contributed by atoms with van der Waals surface area (Å²) in [6, 6.07) is 7.62. The van der Waals surface area contributed by atoms with E-state index in [-0.39, 0.29) is 0 Å². The molecule has 0 atom stereocenters. The van der Waals surface area contributed by atoms with Crippen LogP contribution in [0.4, 0.5) is 0 Å². The highest BCUT2D eigenvalue weighted by Crippen LogP contribution is 1.87. The van der Waals surface area contributed by atoms with E-state index in [0.29, 0.717) is 5.56 Å². The second-order valence-electron chi connectivity index (χ2n) is 2.76. The number of hydrogen-bond acceptors (Lipinski definition) is 1. The van der Waals surface area contributed by atoms with Crippen LogP contribution >= 0.6 is 0 Å². The molecular weight excluding hydrogens is 170 g/mol. The lowest BCUT2D eigenvalue weighted by Crippen LogP contribution is -2.23. The zero-order valence-electron chi connectivity index (χ0n) is 7.90. The highest BCUT2D eigenvalue weighted by molar-refractivity contribution is 5.45. The molecule has 1 rings (SSSR count). The first-order valence-electron chi connectivity index (χ1n) is 4.27. The molecule has 1 nitrogen and oxygen atoms in total. The molecule has 0 saturated heterocycles. The molecule has 1 heteroatoms. The van der Waals surface area contributed by atoms with Gasteiger partial charge in [0.1, 0.15) is 0 Å². The summed E-state index contributed by atoms with van der Waals surface area (Å²) in [5, 5.41) is 10.8. The van der Waals surface area contributed by atoms with Crippen molar-refractivity contribution < 1.29 is 0 Å². The maximum absolute atomic E-state index is 8.73. The van der Waals surface area contributed by atoms with Crippen molar-refractivity contribution in [2.45, 2.75) is 0 Å². The van der Waals surface area contributed by atoms with Crippen molar-refractivity contribution in [1.29, 1.82) is 5.26 Å². The standard InChI is InChI=1S/C13H11N/c1-3-5-12-8-7-11(10-14)9-13(12)6-4-2/h3-9H,1-2H2/b12-5-,13-6-. The molecule has 14 heavy (non-hydrogen) atoms. The maximum Gasteiger partial charge on any atom is 0.0991 e. The number of allylic oxidation sites excluding steroid dienone is 2. The zero-order valence-corrected chi connectivity index (χ0v) is 7.90. The molecule has 0 saturated carbocycles. The van der Waals surface area contributed by atoms with E-state index in [2.05, 4.69) is 19.2 Å². The highest BCUT2D eigenvalue weighted by Gasteiger charge is 1.88. The Morgan fingerprint density at radius 1 is 1.07 bits per heavy atom. The van der Waals surface area contributed by atoms with Gasteiger partial charge in [0, 0.05) is 0 Å². The normalized spacial score (nSPS) is 12.2. The summed E-state index contributed by atoms with van der Waals surface area (Å²) in [5.41, 5.74) is 0.652. The van der Waals surface area contributed by atoms with Crippen molar-refractivity contribution >= 4 is 12.2 Å². The molecule has 0 bridgehead atoms. The lowest BCUT2D eigenvalue weighted by atomic mass is 10.1. The fraction of sp³-hybridized carbons (Fsp3) is 0. The molecule has 0 aliphatic rings. The van der Waals surface area contributed by atoms with Gasteiger partial charge in [-0.05, 0) is 22.6 Å². The third-order valence-corrected chi connectivity index (χ3v) is 1.81. The van der Waals surface area contributed by atoms with Crippen LogP contribution in [-0.4, -0.2) is 0 Å². The molecule has 0 unspecified atom stereocenters. The lowest BCUT2D eigenvalue weighted by molar-refractivity contribution is 1.44. The van der Waals surface area contributed by atoms with Gasteiger partial charge in [0.05, 0.1) is 11.6 Å². The van der Waals surface area contributed by atoms with E-state index >= 15 is 0 Å². The fourth-order valence-corrected chi connectivity index (χ4v) is 1.19. The molecule has 0 aliphatic carbocycles. The van der Waals surface area contributed by atoms with E-state index in [4.69, 9.17) is 5.26 Å². The molecule has 68 valence electrons. The number of rotatable bonds is 2. The van der Waals surface area contributed by atoms with Crippen molar-refractivity contribution in [2.24, 2.45) is 0 Å². The minimum absolute atomic E-state index is 0.652. The van der Waals surface area contributed by atoms with Gasteiger partial charge >= 0.3 is 0 Å². The molecule has 0 N–H and O–H groups in total. The Morgan fingerprint density at radius 2 is 1.71 bits per heavy atom. The van der Waals surface area contributed by atoms with Gasteiger partial charge < -0.3 is 0 Å². The highest BCUT2D eigenvalue weighted by atomic mass is 14.2.